The van der Waals surface area contributed by atoms with Gasteiger partial charge in [-0.1, -0.05) is 11.5 Å². The molecule has 0 aromatic rings. The molecule has 1 aliphatic rings. The van der Waals surface area contributed by atoms with E-state index in [9.17, 15) is 4.79 Å². The minimum atomic E-state index is 0.253. The Bertz CT molecular complexity index is 278. The molecule has 0 heterocycles. The lowest BCUT2D eigenvalue weighted by Gasteiger charge is -2.08. The maximum Gasteiger partial charge on any atom is 0.136 e. The van der Waals surface area contributed by atoms with E-state index in [1.165, 1.54) is 5.57 Å². The van der Waals surface area contributed by atoms with Gasteiger partial charge in [-0.25, -0.2) is 0 Å². The van der Waals surface area contributed by atoms with E-state index in [1.54, 1.807) is 0 Å². The van der Waals surface area contributed by atoms with Crippen molar-refractivity contribution in [2.24, 2.45) is 5.92 Å². The smallest absolute Gasteiger partial charge is 0.136 e. The highest BCUT2D eigenvalue weighted by molar-refractivity contribution is 5.83. The third kappa shape index (κ3) is 2.45. The van der Waals surface area contributed by atoms with E-state index in [0.717, 1.165) is 31.3 Å². The third-order valence-corrected chi connectivity index (χ3v) is 2.84. The first-order valence-electron chi connectivity index (χ1n) is 4.81. The Kier molecular flexibility index (Phi) is 3.31. The number of carbonyl (C=O) groups excluding carboxylic acids is 1. The van der Waals surface area contributed by atoms with Gasteiger partial charge in [-0.05, 0) is 38.7 Å². The molecule has 1 atom stereocenters. The molecule has 0 bridgehead atoms. The highest BCUT2D eigenvalue weighted by atomic mass is 16.1. The van der Waals surface area contributed by atoms with Crippen LogP contribution in [0.25, 0.3) is 0 Å². The van der Waals surface area contributed by atoms with Gasteiger partial charge in [0.15, 0.2) is 0 Å². The summed E-state index contributed by atoms with van der Waals surface area (Å²) in [5.74, 6) is 3.30. The van der Waals surface area contributed by atoms with Gasteiger partial charge in [0.2, 0.25) is 0 Å². The highest BCUT2D eigenvalue weighted by Gasteiger charge is 2.24. The molecule has 1 heteroatoms. The number of rotatable bonds is 2. The minimum absolute atomic E-state index is 0.253. The monoisotopic (exact) mass is 176 g/mol. The van der Waals surface area contributed by atoms with Crippen molar-refractivity contribution in [2.45, 2.75) is 39.5 Å². The second-order valence-electron chi connectivity index (χ2n) is 3.81. The van der Waals surface area contributed by atoms with Crippen molar-refractivity contribution in [3.05, 3.63) is 11.1 Å². The van der Waals surface area contributed by atoms with E-state index in [4.69, 9.17) is 6.42 Å². The Balaban J connectivity index is 2.59. The fraction of sp³-hybridized carbons (Fsp3) is 0.583. The van der Waals surface area contributed by atoms with E-state index < -0.39 is 0 Å². The lowest BCUT2D eigenvalue weighted by molar-refractivity contribution is -0.120. The van der Waals surface area contributed by atoms with Crippen LogP contribution in [0.4, 0.5) is 0 Å². The number of ketones is 1. The molecule has 70 valence electrons. The molecule has 1 unspecified atom stereocenters. The number of Topliss-reactive ketones (excluding diaryl/α,β-unsaturated/α-hetero) is 1. The average Bonchev–Trinajstić information content (AvgIpc) is 2.50. The van der Waals surface area contributed by atoms with Crippen LogP contribution < -0.4 is 0 Å². The van der Waals surface area contributed by atoms with Gasteiger partial charge in [0.05, 0.1) is 0 Å². The van der Waals surface area contributed by atoms with E-state index in [0.29, 0.717) is 5.78 Å². The van der Waals surface area contributed by atoms with Gasteiger partial charge in [-0.3, -0.25) is 4.79 Å². The summed E-state index contributed by atoms with van der Waals surface area (Å²) in [5, 5.41) is 0. The summed E-state index contributed by atoms with van der Waals surface area (Å²) in [6.45, 7) is 3.97. The molecular formula is C12H16O. The fourth-order valence-corrected chi connectivity index (χ4v) is 1.75. The van der Waals surface area contributed by atoms with Gasteiger partial charge in [0, 0.05) is 12.3 Å². The molecule has 1 saturated carbocycles. The molecule has 1 aliphatic carbocycles. The summed E-state index contributed by atoms with van der Waals surface area (Å²) in [6, 6.07) is 0. The first kappa shape index (κ1) is 10.1. The lowest BCUT2D eigenvalue weighted by Crippen LogP contribution is -2.06. The maximum atomic E-state index is 11.3. The number of carbonyl (C=O) groups is 1. The molecular weight excluding hydrogens is 160 g/mol. The van der Waals surface area contributed by atoms with E-state index in [1.807, 2.05) is 13.8 Å². The summed E-state index contributed by atoms with van der Waals surface area (Å²) in [4.78, 5) is 11.3. The van der Waals surface area contributed by atoms with Crippen molar-refractivity contribution in [2.75, 3.05) is 0 Å². The zero-order valence-electron chi connectivity index (χ0n) is 8.39. The van der Waals surface area contributed by atoms with Gasteiger partial charge in [-0.2, -0.15) is 0 Å². The molecule has 1 rings (SSSR count). The van der Waals surface area contributed by atoms with E-state index in [2.05, 4.69) is 5.92 Å². The van der Waals surface area contributed by atoms with Crippen LogP contribution in [0.15, 0.2) is 11.1 Å². The van der Waals surface area contributed by atoms with E-state index >= 15 is 0 Å². The fourth-order valence-electron chi connectivity index (χ4n) is 1.75. The molecule has 1 fully saturated rings. The Morgan fingerprint density at radius 3 is 2.77 bits per heavy atom. The van der Waals surface area contributed by atoms with Gasteiger partial charge in [-0.15, -0.1) is 6.42 Å². The largest absolute Gasteiger partial charge is 0.299 e. The summed E-state index contributed by atoms with van der Waals surface area (Å²) >= 11 is 0. The SMILES string of the molecule is C#C/C(C)=C(\C)CC1CCCC1=O. The number of allylic oxidation sites excluding steroid dienone is 2. The predicted octanol–water partition coefficient (Wildman–Crippen LogP) is 2.72. The topological polar surface area (TPSA) is 17.1 Å². The minimum Gasteiger partial charge on any atom is -0.299 e. The second-order valence-corrected chi connectivity index (χ2v) is 3.81. The van der Waals surface area contributed by atoms with Crippen molar-refractivity contribution < 1.29 is 4.79 Å². The maximum absolute atomic E-state index is 11.3. The average molecular weight is 176 g/mol. The van der Waals surface area contributed by atoms with Gasteiger partial charge >= 0.3 is 0 Å². The molecule has 0 aliphatic heterocycles. The van der Waals surface area contributed by atoms with Gasteiger partial charge in [0.1, 0.15) is 5.78 Å². The summed E-state index contributed by atoms with van der Waals surface area (Å²) in [6.07, 6.45) is 9.04. The van der Waals surface area contributed by atoms with Crippen molar-refractivity contribution in [3.8, 4) is 12.3 Å². The van der Waals surface area contributed by atoms with Crippen LogP contribution in [0.2, 0.25) is 0 Å². The van der Waals surface area contributed by atoms with Crippen LogP contribution in [0.3, 0.4) is 0 Å². The second kappa shape index (κ2) is 4.28. The molecule has 1 nitrogen and oxygen atoms in total. The van der Waals surface area contributed by atoms with Crippen LogP contribution >= 0.6 is 0 Å². The van der Waals surface area contributed by atoms with Crippen molar-refractivity contribution in [3.63, 3.8) is 0 Å². The Hall–Kier alpha value is -1.03. The molecule has 0 aromatic carbocycles. The Morgan fingerprint density at radius 1 is 1.62 bits per heavy atom. The molecule has 0 aromatic heterocycles. The van der Waals surface area contributed by atoms with Crippen molar-refractivity contribution in [1.29, 1.82) is 0 Å². The molecule has 0 saturated heterocycles. The van der Waals surface area contributed by atoms with Gasteiger partial charge < -0.3 is 0 Å². The summed E-state index contributed by atoms with van der Waals surface area (Å²) in [7, 11) is 0. The molecule has 0 amide bonds. The highest BCUT2D eigenvalue weighted by Crippen LogP contribution is 2.27. The molecule has 0 spiro atoms. The van der Waals surface area contributed by atoms with Crippen LogP contribution in [-0.2, 0) is 4.79 Å². The van der Waals surface area contributed by atoms with Crippen molar-refractivity contribution in [1.82, 2.24) is 0 Å². The number of hydrogen-bond acceptors (Lipinski definition) is 1. The first-order chi connectivity index (χ1) is 6.15. The first-order valence-corrected chi connectivity index (χ1v) is 4.81. The van der Waals surface area contributed by atoms with Crippen LogP contribution in [0, 0.1) is 18.3 Å². The zero-order valence-corrected chi connectivity index (χ0v) is 8.39. The summed E-state index contributed by atoms with van der Waals surface area (Å²) in [5.41, 5.74) is 2.18. The summed E-state index contributed by atoms with van der Waals surface area (Å²) < 4.78 is 0. The third-order valence-electron chi connectivity index (χ3n) is 2.84. The van der Waals surface area contributed by atoms with Crippen LogP contribution in [0.5, 0.6) is 0 Å². The Morgan fingerprint density at radius 2 is 2.31 bits per heavy atom. The number of terminal acetylenes is 1. The predicted molar refractivity (Wildman–Crippen MR) is 54.2 cm³/mol. The lowest BCUT2D eigenvalue weighted by atomic mass is 9.95. The molecule has 0 radical (unpaired) electrons. The number of hydrogen-bond donors (Lipinski definition) is 0. The standard InChI is InChI=1S/C12H16O/c1-4-9(2)10(3)8-11-6-5-7-12(11)13/h1,11H,5-8H2,2-3H3/b10-9+. The molecule has 0 N–H and O–H groups in total. The normalized spacial score (nSPS) is 24.1. The van der Waals surface area contributed by atoms with Crippen LogP contribution in [0.1, 0.15) is 39.5 Å². The van der Waals surface area contributed by atoms with Crippen molar-refractivity contribution >= 4 is 5.78 Å². The zero-order chi connectivity index (χ0) is 9.84. The molecule has 13 heavy (non-hydrogen) atoms. The quantitative estimate of drug-likeness (QED) is 0.591. The van der Waals surface area contributed by atoms with Gasteiger partial charge in [0.25, 0.3) is 0 Å². The van der Waals surface area contributed by atoms with E-state index in [-0.39, 0.29) is 5.92 Å². The Labute approximate surface area is 80.2 Å². The van der Waals surface area contributed by atoms with Crippen LogP contribution in [-0.4, -0.2) is 5.78 Å².